The number of aryl methyl sites for hydroxylation is 1. The molecule has 0 aliphatic carbocycles. The first-order valence-corrected chi connectivity index (χ1v) is 11.4. The third-order valence-electron chi connectivity index (χ3n) is 5.46. The van der Waals surface area contributed by atoms with Gasteiger partial charge in [0.1, 0.15) is 11.5 Å². The predicted molar refractivity (Wildman–Crippen MR) is 134 cm³/mol. The van der Waals surface area contributed by atoms with Crippen molar-refractivity contribution in [2.75, 3.05) is 27.9 Å². The minimum atomic E-state index is -0.247. The highest BCUT2D eigenvalue weighted by Gasteiger charge is 2.30. The molecular formula is C27H23BrO7. The van der Waals surface area contributed by atoms with E-state index in [1.54, 1.807) is 61.5 Å². The molecule has 7 nitrogen and oxygen atoms in total. The summed E-state index contributed by atoms with van der Waals surface area (Å²) in [4.78, 5) is 25.5. The van der Waals surface area contributed by atoms with Gasteiger partial charge in [0.05, 0.1) is 26.9 Å². The van der Waals surface area contributed by atoms with Crippen LogP contribution in [0.4, 0.5) is 0 Å². The van der Waals surface area contributed by atoms with Crippen LogP contribution in [0.2, 0.25) is 0 Å². The molecule has 0 radical (unpaired) electrons. The molecule has 0 bridgehead atoms. The second kappa shape index (κ2) is 10.2. The van der Waals surface area contributed by atoms with E-state index in [0.717, 1.165) is 4.47 Å². The lowest BCUT2D eigenvalue weighted by atomic mass is 10.0. The lowest BCUT2D eigenvalue weighted by Crippen LogP contribution is -2.11. The van der Waals surface area contributed by atoms with Crippen molar-refractivity contribution in [1.29, 1.82) is 0 Å². The van der Waals surface area contributed by atoms with Crippen molar-refractivity contribution in [3.05, 3.63) is 81.0 Å². The van der Waals surface area contributed by atoms with E-state index < -0.39 is 0 Å². The lowest BCUT2D eigenvalue weighted by molar-refractivity contribution is 0.0920. The summed E-state index contributed by atoms with van der Waals surface area (Å²) in [6.45, 7) is 1.66. The van der Waals surface area contributed by atoms with E-state index in [1.165, 1.54) is 21.3 Å². The van der Waals surface area contributed by atoms with Crippen molar-refractivity contribution in [3.63, 3.8) is 0 Å². The van der Waals surface area contributed by atoms with Gasteiger partial charge in [-0.25, -0.2) is 0 Å². The first-order chi connectivity index (χ1) is 16.8. The smallest absolute Gasteiger partial charge is 0.232 e. The molecule has 3 aromatic carbocycles. The van der Waals surface area contributed by atoms with E-state index in [0.29, 0.717) is 51.0 Å². The maximum absolute atomic E-state index is 13.1. The van der Waals surface area contributed by atoms with Gasteiger partial charge in [0.2, 0.25) is 11.5 Å². The van der Waals surface area contributed by atoms with E-state index >= 15 is 0 Å². The highest BCUT2D eigenvalue weighted by molar-refractivity contribution is 9.10. The molecule has 0 amide bonds. The molecular weight excluding hydrogens is 516 g/mol. The van der Waals surface area contributed by atoms with Gasteiger partial charge in [-0.2, -0.15) is 0 Å². The maximum atomic E-state index is 13.1. The molecule has 1 heterocycles. The Balaban J connectivity index is 1.56. The van der Waals surface area contributed by atoms with Gasteiger partial charge in [0, 0.05) is 16.1 Å². The van der Waals surface area contributed by atoms with Gasteiger partial charge in [0.15, 0.2) is 29.6 Å². The van der Waals surface area contributed by atoms with Gasteiger partial charge in [-0.05, 0) is 54.5 Å². The Kier molecular flexibility index (Phi) is 7.12. The van der Waals surface area contributed by atoms with Crippen molar-refractivity contribution in [2.45, 2.75) is 6.92 Å². The van der Waals surface area contributed by atoms with E-state index in [-0.39, 0.29) is 23.9 Å². The van der Waals surface area contributed by atoms with E-state index in [4.69, 9.17) is 23.7 Å². The highest BCUT2D eigenvalue weighted by Crippen LogP contribution is 2.41. The third-order valence-corrected chi connectivity index (χ3v) is 5.99. The Bertz CT molecular complexity index is 1300. The Labute approximate surface area is 211 Å². The van der Waals surface area contributed by atoms with Crippen molar-refractivity contribution >= 4 is 33.6 Å². The Morgan fingerprint density at radius 1 is 0.971 bits per heavy atom. The molecule has 3 aromatic rings. The molecule has 0 atom stereocenters. The molecule has 35 heavy (non-hydrogen) atoms. The fraction of sp³-hybridized carbons (Fsp3) is 0.185. The zero-order valence-electron chi connectivity index (χ0n) is 19.6. The summed E-state index contributed by atoms with van der Waals surface area (Å²) in [5.41, 5.74) is 2.33. The minimum Gasteiger partial charge on any atom is -0.493 e. The average Bonchev–Trinajstić information content (AvgIpc) is 3.17. The number of ketones is 2. The summed E-state index contributed by atoms with van der Waals surface area (Å²) in [6.07, 6.45) is 1.61. The van der Waals surface area contributed by atoms with Crippen molar-refractivity contribution in [3.8, 4) is 28.7 Å². The number of Topliss-reactive ketones (excluding diaryl/α,β-unsaturated/α-hetero) is 2. The number of carbonyl (C=O) groups excluding carboxylic acids is 2. The summed E-state index contributed by atoms with van der Waals surface area (Å²) >= 11 is 3.35. The SMILES string of the molecule is COc1cc(/C=C2\Oc3cc(OCC(=O)c4ccc(Br)cc4)cc(C)c3C2=O)cc(OC)c1OC. The number of rotatable bonds is 8. The second-order valence-corrected chi connectivity index (χ2v) is 8.65. The maximum Gasteiger partial charge on any atom is 0.232 e. The highest BCUT2D eigenvalue weighted by atomic mass is 79.9. The van der Waals surface area contributed by atoms with Crippen LogP contribution in [0.5, 0.6) is 28.7 Å². The first-order valence-electron chi connectivity index (χ1n) is 10.6. The number of halogens is 1. The van der Waals surface area contributed by atoms with E-state index in [2.05, 4.69) is 15.9 Å². The summed E-state index contributed by atoms with van der Waals surface area (Å²) in [5, 5.41) is 0. The molecule has 0 aromatic heterocycles. The van der Waals surface area contributed by atoms with Crippen LogP contribution in [0, 0.1) is 6.92 Å². The molecule has 8 heteroatoms. The minimum absolute atomic E-state index is 0.137. The molecule has 180 valence electrons. The normalized spacial score (nSPS) is 13.3. The number of allylic oxidation sites excluding steroid dienone is 1. The second-order valence-electron chi connectivity index (χ2n) is 7.73. The van der Waals surface area contributed by atoms with Crippen molar-refractivity contribution in [1.82, 2.24) is 0 Å². The predicted octanol–water partition coefficient (Wildman–Crippen LogP) is 5.66. The summed E-state index contributed by atoms with van der Waals surface area (Å²) < 4.78 is 28.6. The number of benzene rings is 3. The number of ether oxygens (including phenoxy) is 5. The fourth-order valence-corrected chi connectivity index (χ4v) is 4.03. The van der Waals surface area contributed by atoms with Gasteiger partial charge in [-0.3, -0.25) is 9.59 Å². The number of hydrogen-bond acceptors (Lipinski definition) is 7. The van der Waals surface area contributed by atoms with E-state index in [1.807, 2.05) is 0 Å². The molecule has 0 N–H and O–H groups in total. The molecule has 0 spiro atoms. The lowest BCUT2D eigenvalue weighted by Gasteiger charge is -2.13. The Morgan fingerprint density at radius 2 is 1.63 bits per heavy atom. The van der Waals surface area contributed by atoms with Gasteiger partial charge in [0.25, 0.3) is 0 Å². The quantitative estimate of drug-likeness (QED) is 0.270. The third kappa shape index (κ3) is 5.02. The average molecular weight is 539 g/mol. The van der Waals surface area contributed by atoms with Crippen LogP contribution in [0.25, 0.3) is 6.08 Å². The molecule has 0 saturated heterocycles. The standard InChI is InChI=1S/C27H23BrO7/c1-15-9-19(34-14-20(29)17-5-7-18(28)8-6-17)13-21-25(15)26(30)22(35-21)10-16-11-23(31-2)27(33-4)24(12-16)32-3/h5-13H,14H2,1-4H3/b22-10-. The molecule has 0 saturated carbocycles. The Morgan fingerprint density at radius 3 is 2.23 bits per heavy atom. The van der Waals surface area contributed by atoms with Gasteiger partial charge < -0.3 is 23.7 Å². The van der Waals surface area contributed by atoms with Gasteiger partial charge >= 0.3 is 0 Å². The van der Waals surface area contributed by atoms with Crippen LogP contribution < -0.4 is 23.7 Å². The summed E-state index contributed by atoms with van der Waals surface area (Å²) in [7, 11) is 4.56. The zero-order valence-corrected chi connectivity index (χ0v) is 21.2. The van der Waals surface area contributed by atoms with Crippen LogP contribution in [-0.2, 0) is 0 Å². The van der Waals surface area contributed by atoms with Crippen LogP contribution in [0.3, 0.4) is 0 Å². The van der Waals surface area contributed by atoms with E-state index in [9.17, 15) is 9.59 Å². The zero-order chi connectivity index (χ0) is 25.1. The molecule has 1 aliphatic rings. The molecule has 1 aliphatic heterocycles. The first kappa shape index (κ1) is 24.3. The van der Waals surface area contributed by atoms with Crippen molar-refractivity contribution < 1.29 is 33.3 Å². The van der Waals surface area contributed by atoms with Gasteiger partial charge in [-0.15, -0.1) is 0 Å². The summed E-state index contributed by atoms with van der Waals surface area (Å²) in [6, 6.07) is 13.8. The monoisotopic (exact) mass is 538 g/mol. The molecule has 4 rings (SSSR count). The van der Waals surface area contributed by atoms with Gasteiger partial charge in [-0.1, -0.05) is 28.1 Å². The van der Waals surface area contributed by atoms with Crippen LogP contribution in [0.1, 0.15) is 31.8 Å². The molecule has 0 unspecified atom stereocenters. The number of carbonyl (C=O) groups is 2. The molecule has 0 fully saturated rings. The number of methoxy groups -OCH3 is 3. The fourth-order valence-electron chi connectivity index (χ4n) is 3.76. The van der Waals surface area contributed by atoms with Crippen molar-refractivity contribution in [2.24, 2.45) is 0 Å². The van der Waals surface area contributed by atoms with Crippen LogP contribution in [0.15, 0.2) is 58.8 Å². The van der Waals surface area contributed by atoms with Crippen LogP contribution >= 0.6 is 15.9 Å². The largest absolute Gasteiger partial charge is 0.493 e. The topological polar surface area (TPSA) is 80.3 Å². The Hall–Kier alpha value is -3.78. The summed E-state index contributed by atoms with van der Waals surface area (Å²) in [5.74, 6) is 1.94. The number of fused-ring (bicyclic) bond motifs is 1. The van der Waals surface area contributed by atoms with Crippen LogP contribution in [-0.4, -0.2) is 39.5 Å². The number of hydrogen-bond donors (Lipinski definition) is 0.